The molecule has 19 heavy (non-hydrogen) atoms. The summed E-state index contributed by atoms with van der Waals surface area (Å²) in [5.74, 6) is -0.246. The fraction of sp³-hybridized carbons (Fsp3) is 0.231. The molecule has 1 unspecified atom stereocenters. The van der Waals surface area contributed by atoms with E-state index in [1.165, 1.54) is 7.11 Å². The van der Waals surface area contributed by atoms with Crippen LogP contribution in [-0.4, -0.2) is 35.8 Å². The predicted octanol–water partition coefficient (Wildman–Crippen LogP) is 0.474. The lowest BCUT2D eigenvalue weighted by molar-refractivity contribution is -0.142. The molecule has 100 valence electrons. The first-order valence-corrected chi connectivity index (χ1v) is 5.73. The highest BCUT2D eigenvalue weighted by Crippen LogP contribution is 2.13. The quantitative estimate of drug-likeness (QED) is 0.697. The Kier molecular flexibility index (Phi) is 3.82. The summed E-state index contributed by atoms with van der Waals surface area (Å²) in [6, 6.07) is 7.87. The van der Waals surface area contributed by atoms with Crippen LogP contribution < -0.4 is 10.9 Å². The van der Waals surface area contributed by atoms with Crippen LogP contribution in [0.15, 0.2) is 35.1 Å². The lowest BCUT2D eigenvalue weighted by Crippen LogP contribution is -2.34. The van der Waals surface area contributed by atoms with Gasteiger partial charge >= 0.3 is 5.97 Å². The second-order valence-corrected chi connectivity index (χ2v) is 4.00. The molecule has 0 amide bonds. The smallest absolute Gasteiger partial charge is 0.330 e. The van der Waals surface area contributed by atoms with Crippen molar-refractivity contribution in [1.29, 1.82) is 0 Å². The Morgan fingerprint density at radius 3 is 2.89 bits per heavy atom. The van der Waals surface area contributed by atoms with Gasteiger partial charge in [0, 0.05) is 5.39 Å². The van der Waals surface area contributed by atoms with Crippen molar-refractivity contribution in [1.82, 2.24) is 4.98 Å². The average molecular weight is 262 g/mol. The number of aliphatic hydroxyl groups is 1. The SMILES string of the molecule is COC(=O)C(CO)Nc1cc2ccccc2c(=O)[nH]1. The van der Waals surface area contributed by atoms with Crippen molar-refractivity contribution in [3.63, 3.8) is 0 Å². The molecule has 0 spiro atoms. The van der Waals surface area contributed by atoms with E-state index in [4.69, 9.17) is 5.11 Å². The molecule has 1 aromatic carbocycles. The van der Waals surface area contributed by atoms with Crippen LogP contribution in [0.25, 0.3) is 10.8 Å². The number of methoxy groups -OCH3 is 1. The van der Waals surface area contributed by atoms with Crippen molar-refractivity contribution in [2.75, 3.05) is 19.0 Å². The Morgan fingerprint density at radius 2 is 2.21 bits per heavy atom. The third-order valence-electron chi connectivity index (χ3n) is 2.75. The largest absolute Gasteiger partial charge is 0.467 e. The minimum atomic E-state index is -0.915. The Morgan fingerprint density at radius 1 is 1.47 bits per heavy atom. The molecule has 0 saturated heterocycles. The number of nitrogens with one attached hydrogen (secondary N) is 2. The van der Waals surface area contributed by atoms with Crippen molar-refractivity contribution in [3.05, 3.63) is 40.7 Å². The van der Waals surface area contributed by atoms with Gasteiger partial charge in [-0.05, 0) is 17.5 Å². The van der Waals surface area contributed by atoms with E-state index in [9.17, 15) is 9.59 Å². The molecule has 6 heteroatoms. The highest BCUT2D eigenvalue weighted by atomic mass is 16.5. The second-order valence-electron chi connectivity index (χ2n) is 4.00. The predicted molar refractivity (Wildman–Crippen MR) is 71.1 cm³/mol. The summed E-state index contributed by atoms with van der Waals surface area (Å²) in [6.07, 6.45) is 0. The molecule has 0 aliphatic carbocycles. The summed E-state index contributed by atoms with van der Waals surface area (Å²) in [6.45, 7) is -0.429. The van der Waals surface area contributed by atoms with Gasteiger partial charge in [0.1, 0.15) is 11.9 Å². The highest BCUT2D eigenvalue weighted by Gasteiger charge is 2.18. The normalized spacial score (nSPS) is 12.1. The number of ether oxygens (including phenoxy) is 1. The van der Waals surface area contributed by atoms with Crippen LogP contribution in [0, 0.1) is 0 Å². The fourth-order valence-electron chi connectivity index (χ4n) is 1.80. The summed E-state index contributed by atoms with van der Waals surface area (Å²) in [7, 11) is 1.23. The topological polar surface area (TPSA) is 91.4 Å². The minimum absolute atomic E-state index is 0.262. The van der Waals surface area contributed by atoms with Gasteiger partial charge in [-0.2, -0.15) is 0 Å². The van der Waals surface area contributed by atoms with Crippen LogP contribution in [0.3, 0.4) is 0 Å². The number of aromatic nitrogens is 1. The Balaban J connectivity index is 2.36. The summed E-state index contributed by atoms with van der Waals surface area (Å²) in [4.78, 5) is 25.8. The molecule has 2 rings (SSSR count). The van der Waals surface area contributed by atoms with Gasteiger partial charge in [0.15, 0.2) is 0 Å². The van der Waals surface area contributed by atoms with E-state index in [0.717, 1.165) is 5.39 Å². The van der Waals surface area contributed by atoms with Crippen molar-refractivity contribution < 1.29 is 14.6 Å². The van der Waals surface area contributed by atoms with Crippen LogP contribution in [0.5, 0.6) is 0 Å². The summed E-state index contributed by atoms with van der Waals surface area (Å²) in [5, 5.41) is 13.2. The van der Waals surface area contributed by atoms with Gasteiger partial charge in [-0.3, -0.25) is 4.79 Å². The van der Waals surface area contributed by atoms with Gasteiger partial charge in [-0.1, -0.05) is 18.2 Å². The van der Waals surface area contributed by atoms with E-state index in [1.54, 1.807) is 24.3 Å². The maximum atomic E-state index is 11.8. The van der Waals surface area contributed by atoms with E-state index in [-0.39, 0.29) is 5.56 Å². The Labute approximate surface area is 109 Å². The maximum Gasteiger partial charge on any atom is 0.330 e. The van der Waals surface area contributed by atoms with Gasteiger partial charge in [0.2, 0.25) is 0 Å². The molecule has 1 heterocycles. The zero-order valence-electron chi connectivity index (χ0n) is 10.3. The molecular weight excluding hydrogens is 248 g/mol. The number of aliphatic hydroxyl groups excluding tert-OH is 1. The number of H-pyrrole nitrogens is 1. The molecule has 2 aromatic rings. The molecular formula is C13H14N2O4. The lowest BCUT2D eigenvalue weighted by atomic mass is 10.2. The van der Waals surface area contributed by atoms with Gasteiger partial charge in [0.25, 0.3) is 5.56 Å². The molecule has 0 aliphatic rings. The number of anilines is 1. The monoisotopic (exact) mass is 262 g/mol. The molecule has 0 aliphatic heterocycles. The van der Waals surface area contributed by atoms with Gasteiger partial charge < -0.3 is 20.1 Å². The van der Waals surface area contributed by atoms with Crippen LogP contribution in [0.4, 0.5) is 5.82 Å². The maximum absolute atomic E-state index is 11.8. The third kappa shape index (κ3) is 2.74. The van der Waals surface area contributed by atoms with Gasteiger partial charge in [0.05, 0.1) is 13.7 Å². The number of hydrogen-bond donors (Lipinski definition) is 3. The third-order valence-corrected chi connectivity index (χ3v) is 2.75. The molecule has 6 nitrogen and oxygen atoms in total. The number of rotatable bonds is 4. The van der Waals surface area contributed by atoms with E-state index < -0.39 is 18.6 Å². The number of fused-ring (bicyclic) bond motifs is 1. The van der Waals surface area contributed by atoms with E-state index >= 15 is 0 Å². The molecule has 0 bridgehead atoms. The number of aromatic amines is 1. The zero-order valence-corrected chi connectivity index (χ0v) is 10.3. The molecule has 0 fully saturated rings. The lowest BCUT2D eigenvalue weighted by Gasteiger charge is -2.15. The Bertz CT molecular complexity index is 650. The molecule has 3 N–H and O–H groups in total. The number of pyridine rings is 1. The van der Waals surface area contributed by atoms with Gasteiger partial charge in [-0.25, -0.2) is 4.79 Å². The fourth-order valence-corrected chi connectivity index (χ4v) is 1.80. The molecule has 0 saturated carbocycles. The molecule has 1 aromatic heterocycles. The number of carbonyl (C=O) groups excluding carboxylic acids is 1. The highest BCUT2D eigenvalue weighted by molar-refractivity contribution is 5.85. The standard InChI is InChI=1S/C13H14N2O4/c1-19-13(18)10(7-16)14-11-6-8-4-2-3-5-9(8)12(17)15-11/h2-6,10,16H,7H2,1H3,(H2,14,15,17). The first kappa shape index (κ1) is 13.1. The second kappa shape index (κ2) is 5.53. The number of hydrogen-bond acceptors (Lipinski definition) is 5. The van der Waals surface area contributed by atoms with Crippen LogP contribution >= 0.6 is 0 Å². The number of carbonyl (C=O) groups is 1. The number of esters is 1. The van der Waals surface area contributed by atoms with E-state index in [1.807, 2.05) is 6.07 Å². The van der Waals surface area contributed by atoms with Crippen LogP contribution in [0.2, 0.25) is 0 Å². The summed E-state index contributed by atoms with van der Waals surface area (Å²) >= 11 is 0. The van der Waals surface area contributed by atoms with Crippen LogP contribution in [0.1, 0.15) is 0 Å². The first-order valence-electron chi connectivity index (χ1n) is 5.73. The zero-order chi connectivity index (χ0) is 13.8. The number of benzene rings is 1. The average Bonchev–Trinajstić information content (AvgIpc) is 2.44. The van der Waals surface area contributed by atoms with E-state index in [2.05, 4.69) is 15.0 Å². The summed E-state index contributed by atoms with van der Waals surface area (Å²) < 4.78 is 4.54. The molecule has 0 radical (unpaired) electrons. The first-order chi connectivity index (χ1) is 9.15. The Hall–Kier alpha value is -2.34. The molecule has 1 atom stereocenters. The van der Waals surface area contributed by atoms with Crippen molar-refractivity contribution >= 4 is 22.6 Å². The van der Waals surface area contributed by atoms with Gasteiger partial charge in [-0.15, -0.1) is 0 Å². The van der Waals surface area contributed by atoms with Crippen molar-refractivity contribution in [2.45, 2.75) is 6.04 Å². The minimum Gasteiger partial charge on any atom is -0.467 e. The van der Waals surface area contributed by atoms with Crippen molar-refractivity contribution in [3.8, 4) is 0 Å². The van der Waals surface area contributed by atoms with Crippen LogP contribution in [-0.2, 0) is 9.53 Å². The van der Waals surface area contributed by atoms with E-state index in [0.29, 0.717) is 11.2 Å². The van der Waals surface area contributed by atoms with Crippen molar-refractivity contribution in [2.24, 2.45) is 0 Å². The summed E-state index contributed by atoms with van der Waals surface area (Å²) in [5.41, 5.74) is -0.262.